The van der Waals surface area contributed by atoms with Crippen molar-refractivity contribution in [2.45, 2.75) is 63.5 Å². The molecular formula is C19H34N2O3. The SMILES string of the molecule is CN(C[C@@H]1COCCO1)[C@@H]1CCC(=O)N(CC2CCCCC2)CC1. The largest absolute Gasteiger partial charge is 0.376 e. The van der Waals surface area contributed by atoms with Crippen molar-refractivity contribution in [1.82, 2.24) is 9.80 Å². The van der Waals surface area contributed by atoms with E-state index in [1.807, 2.05) is 0 Å². The van der Waals surface area contributed by atoms with Crippen molar-refractivity contribution in [1.29, 1.82) is 0 Å². The maximum Gasteiger partial charge on any atom is 0.222 e. The summed E-state index contributed by atoms with van der Waals surface area (Å²) in [5.74, 6) is 1.11. The van der Waals surface area contributed by atoms with Gasteiger partial charge in [-0.25, -0.2) is 0 Å². The molecular weight excluding hydrogens is 304 g/mol. The van der Waals surface area contributed by atoms with Gasteiger partial charge in [0.05, 0.1) is 25.9 Å². The molecule has 2 saturated heterocycles. The fourth-order valence-corrected chi connectivity index (χ4v) is 4.45. The highest BCUT2D eigenvalue weighted by molar-refractivity contribution is 5.76. The standard InChI is InChI=1S/C19H34N2O3/c1-20(14-18-15-23-11-12-24-18)17-7-8-19(22)21(10-9-17)13-16-5-3-2-4-6-16/h16-18H,2-15H2,1H3/t17-,18-/m1/s1. The monoisotopic (exact) mass is 338 g/mol. The quantitative estimate of drug-likeness (QED) is 0.771. The zero-order chi connectivity index (χ0) is 16.8. The molecule has 24 heavy (non-hydrogen) atoms. The van der Waals surface area contributed by atoms with Gasteiger partial charge in [-0.3, -0.25) is 4.79 Å². The first-order valence-corrected chi connectivity index (χ1v) is 9.89. The molecule has 0 radical (unpaired) electrons. The minimum Gasteiger partial charge on any atom is -0.376 e. The summed E-state index contributed by atoms with van der Waals surface area (Å²) in [6.07, 6.45) is 9.64. The van der Waals surface area contributed by atoms with Gasteiger partial charge in [-0.2, -0.15) is 0 Å². The lowest BCUT2D eigenvalue weighted by Crippen LogP contribution is -2.43. The third-order valence-corrected chi connectivity index (χ3v) is 5.98. The van der Waals surface area contributed by atoms with Crippen LogP contribution in [0.2, 0.25) is 0 Å². The van der Waals surface area contributed by atoms with Crippen LogP contribution in [0.1, 0.15) is 51.4 Å². The van der Waals surface area contributed by atoms with E-state index in [9.17, 15) is 4.79 Å². The summed E-state index contributed by atoms with van der Waals surface area (Å²) in [5.41, 5.74) is 0. The number of hydrogen-bond donors (Lipinski definition) is 0. The van der Waals surface area contributed by atoms with Crippen LogP contribution in [0.3, 0.4) is 0 Å². The normalized spacial score (nSPS) is 30.6. The van der Waals surface area contributed by atoms with Crippen molar-refractivity contribution in [3.05, 3.63) is 0 Å². The summed E-state index contributed by atoms with van der Waals surface area (Å²) < 4.78 is 11.3. The molecule has 1 amide bonds. The van der Waals surface area contributed by atoms with E-state index in [0.29, 0.717) is 38.2 Å². The predicted molar refractivity (Wildman–Crippen MR) is 94.0 cm³/mol. The number of nitrogens with zero attached hydrogens (tertiary/aromatic N) is 2. The third kappa shape index (κ3) is 5.17. The summed E-state index contributed by atoms with van der Waals surface area (Å²) in [6.45, 7) is 4.94. The summed E-state index contributed by atoms with van der Waals surface area (Å²) in [6, 6.07) is 0.482. The molecule has 3 fully saturated rings. The van der Waals surface area contributed by atoms with Crippen molar-refractivity contribution in [2.75, 3.05) is 46.5 Å². The van der Waals surface area contributed by atoms with E-state index in [-0.39, 0.29) is 6.10 Å². The zero-order valence-corrected chi connectivity index (χ0v) is 15.3. The van der Waals surface area contributed by atoms with Gasteiger partial charge in [-0.15, -0.1) is 0 Å². The van der Waals surface area contributed by atoms with Gasteiger partial charge in [0.1, 0.15) is 0 Å². The summed E-state index contributed by atoms with van der Waals surface area (Å²) >= 11 is 0. The maximum absolute atomic E-state index is 12.5. The molecule has 1 aliphatic carbocycles. The van der Waals surface area contributed by atoms with Crippen LogP contribution in [0.5, 0.6) is 0 Å². The Hall–Kier alpha value is -0.650. The van der Waals surface area contributed by atoms with Gasteiger partial charge in [-0.05, 0) is 38.6 Å². The summed E-state index contributed by atoms with van der Waals surface area (Å²) in [7, 11) is 2.17. The fraction of sp³-hybridized carbons (Fsp3) is 0.947. The van der Waals surface area contributed by atoms with Gasteiger partial charge in [0.25, 0.3) is 0 Å². The third-order valence-electron chi connectivity index (χ3n) is 5.98. The minimum atomic E-state index is 0.182. The zero-order valence-electron chi connectivity index (χ0n) is 15.3. The summed E-state index contributed by atoms with van der Waals surface area (Å²) in [5, 5.41) is 0. The number of likely N-dealkylation sites (tertiary alicyclic amines) is 1. The molecule has 3 aliphatic rings. The molecule has 5 nitrogen and oxygen atoms in total. The highest BCUT2D eigenvalue weighted by Gasteiger charge is 2.28. The van der Waals surface area contributed by atoms with Gasteiger partial charge in [0, 0.05) is 32.1 Å². The van der Waals surface area contributed by atoms with Crippen LogP contribution in [0.25, 0.3) is 0 Å². The Bertz CT molecular complexity index is 392. The lowest BCUT2D eigenvalue weighted by molar-refractivity contribution is -0.131. The van der Waals surface area contributed by atoms with Gasteiger partial charge in [0.2, 0.25) is 5.91 Å². The lowest BCUT2D eigenvalue weighted by atomic mass is 9.89. The number of hydrogen-bond acceptors (Lipinski definition) is 4. The summed E-state index contributed by atoms with van der Waals surface area (Å²) in [4.78, 5) is 17.1. The number of carbonyl (C=O) groups is 1. The van der Waals surface area contributed by atoms with Crippen LogP contribution in [-0.2, 0) is 14.3 Å². The van der Waals surface area contributed by atoms with Gasteiger partial charge >= 0.3 is 0 Å². The molecule has 5 heteroatoms. The first-order chi connectivity index (χ1) is 11.7. The first-order valence-electron chi connectivity index (χ1n) is 9.89. The lowest BCUT2D eigenvalue weighted by Gasteiger charge is -2.32. The van der Waals surface area contributed by atoms with Crippen LogP contribution < -0.4 is 0 Å². The maximum atomic E-state index is 12.5. The van der Waals surface area contributed by atoms with E-state index in [1.54, 1.807) is 0 Å². The van der Waals surface area contributed by atoms with Crippen LogP contribution in [-0.4, -0.2) is 74.4 Å². The molecule has 0 spiro atoms. The topological polar surface area (TPSA) is 42.0 Å². The van der Waals surface area contributed by atoms with E-state index in [0.717, 1.165) is 38.4 Å². The van der Waals surface area contributed by atoms with Crippen molar-refractivity contribution in [2.24, 2.45) is 5.92 Å². The second-order valence-corrected chi connectivity index (χ2v) is 7.83. The number of likely N-dealkylation sites (N-methyl/N-ethyl adjacent to an activating group) is 1. The van der Waals surface area contributed by atoms with Gasteiger partial charge in [0.15, 0.2) is 0 Å². The Morgan fingerprint density at radius 2 is 1.96 bits per heavy atom. The van der Waals surface area contributed by atoms with E-state index in [4.69, 9.17) is 9.47 Å². The molecule has 2 heterocycles. The van der Waals surface area contributed by atoms with Crippen molar-refractivity contribution < 1.29 is 14.3 Å². The van der Waals surface area contributed by atoms with Crippen LogP contribution in [0.15, 0.2) is 0 Å². The van der Waals surface area contributed by atoms with Crippen molar-refractivity contribution >= 4 is 5.91 Å². The molecule has 138 valence electrons. The smallest absolute Gasteiger partial charge is 0.222 e. The highest BCUT2D eigenvalue weighted by atomic mass is 16.6. The van der Waals surface area contributed by atoms with Crippen molar-refractivity contribution in [3.8, 4) is 0 Å². The van der Waals surface area contributed by atoms with Crippen molar-refractivity contribution in [3.63, 3.8) is 0 Å². The minimum absolute atomic E-state index is 0.182. The molecule has 1 saturated carbocycles. The van der Waals surface area contributed by atoms with Crippen LogP contribution in [0, 0.1) is 5.92 Å². The molecule has 0 aromatic heterocycles. The Kier molecular flexibility index (Phi) is 6.93. The molecule has 0 aromatic carbocycles. The van der Waals surface area contributed by atoms with Gasteiger partial charge < -0.3 is 19.3 Å². The number of ether oxygens (including phenoxy) is 2. The number of amides is 1. The molecule has 0 bridgehead atoms. The number of rotatable bonds is 5. The molecule has 2 atom stereocenters. The molecule has 3 rings (SSSR count). The highest BCUT2D eigenvalue weighted by Crippen LogP contribution is 2.26. The van der Waals surface area contributed by atoms with E-state index in [1.165, 1.54) is 32.1 Å². The molecule has 2 aliphatic heterocycles. The number of carbonyl (C=O) groups excluding carboxylic acids is 1. The van der Waals surface area contributed by atoms with Crippen LogP contribution in [0.4, 0.5) is 0 Å². The molecule has 0 aromatic rings. The Morgan fingerprint density at radius 3 is 2.71 bits per heavy atom. The Morgan fingerprint density at radius 1 is 1.12 bits per heavy atom. The fourth-order valence-electron chi connectivity index (χ4n) is 4.45. The van der Waals surface area contributed by atoms with Crippen LogP contribution >= 0.6 is 0 Å². The average Bonchev–Trinajstić information content (AvgIpc) is 2.79. The van der Waals surface area contributed by atoms with E-state index < -0.39 is 0 Å². The molecule has 0 N–H and O–H groups in total. The Balaban J connectivity index is 1.46. The van der Waals surface area contributed by atoms with Gasteiger partial charge in [-0.1, -0.05) is 19.3 Å². The average molecular weight is 338 g/mol. The second-order valence-electron chi connectivity index (χ2n) is 7.83. The van der Waals surface area contributed by atoms with E-state index in [2.05, 4.69) is 16.8 Å². The van der Waals surface area contributed by atoms with E-state index >= 15 is 0 Å². The second kappa shape index (κ2) is 9.16. The first kappa shape index (κ1) is 18.2. The predicted octanol–water partition coefficient (Wildman–Crippen LogP) is 2.29. The molecule has 0 unspecified atom stereocenters. The Labute approximate surface area is 146 Å².